The zero-order valence-corrected chi connectivity index (χ0v) is 16.1. The Morgan fingerprint density at radius 1 is 1.20 bits per heavy atom. The molecule has 1 aliphatic heterocycles. The van der Waals surface area contributed by atoms with Crippen LogP contribution in [0, 0.1) is 19.8 Å². The van der Waals surface area contributed by atoms with Crippen molar-refractivity contribution in [1.82, 2.24) is 0 Å². The quantitative estimate of drug-likeness (QED) is 0.522. The van der Waals surface area contributed by atoms with Gasteiger partial charge in [0.1, 0.15) is 0 Å². The Morgan fingerprint density at radius 3 is 2.52 bits per heavy atom. The molecule has 4 nitrogen and oxygen atoms in total. The normalized spacial score (nSPS) is 17.5. The van der Waals surface area contributed by atoms with Gasteiger partial charge in [-0.2, -0.15) is 0 Å². The first-order valence-corrected chi connectivity index (χ1v) is 9.82. The Kier molecular flexibility index (Phi) is 7.30. The third-order valence-electron chi connectivity index (χ3n) is 5.48. The summed E-state index contributed by atoms with van der Waals surface area (Å²) in [6.07, 6.45) is 9.37. The van der Waals surface area contributed by atoms with E-state index < -0.39 is 0 Å². The number of nitrogens with two attached hydrogens (primary N) is 1. The summed E-state index contributed by atoms with van der Waals surface area (Å²) in [4.78, 5) is 14.3. The SMILES string of the molecule is CCCCCCCCc1cc(C)c(N2CCC(CO)C2=O)c(C)c1N. The Morgan fingerprint density at radius 2 is 1.88 bits per heavy atom. The predicted molar refractivity (Wildman–Crippen MR) is 105 cm³/mol. The average Bonchev–Trinajstić information content (AvgIpc) is 2.96. The second-order valence-electron chi connectivity index (χ2n) is 7.42. The molecule has 1 atom stereocenters. The number of nitrogens with zero attached hydrogens (tertiary/aromatic N) is 1. The summed E-state index contributed by atoms with van der Waals surface area (Å²) in [5.74, 6) is -0.236. The first kappa shape index (κ1) is 19.8. The number of carbonyl (C=O) groups is 1. The number of rotatable bonds is 9. The fraction of sp³-hybridized carbons (Fsp3) is 0.667. The molecule has 140 valence electrons. The molecule has 2 rings (SSSR count). The van der Waals surface area contributed by atoms with Gasteiger partial charge in [-0.25, -0.2) is 0 Å². The maximum Gasteiger partial charge on any atom is 0.232 e. The Bertz CT molecular complexity index is 598. The number of hydrogen-bond acceptors (Lipinski definition) is 3. The number of aryl methyl sites for hydroxylation is 2. The number of benzene rings is 1. The van der Waals surface area contributed by atoms with Gasteiger partial charge >= 0.3 is 0 Å². The molecule has 0 bridgehead atoms. The largest absolute Gasteiger partial charge is 0.398 e. The molecule has 3 N–H and O–H groups in total. The smallest absolute Gasteiger partial charge is 0.232 e. The minimum absolute atomic E-state index is 0.0248. The lowest BCUT2D eigenvalue weighted by Crippen LogP contribution is -2.29. The van der Waals surface area contributed by atoms with Crippen LogP contribution in [0.15, 0.2) is 6.07 Å². The minimum atomic E-state index is -0.261. The van der Waals surface area contributed by atoms with E-state index in [0.29, 0.717) is 13.0 Å². The second kappa shape index (κ2) is 9.23. The van der Waals surface area contributed by atoms with Crippen LogP contribution in [0.25, 0.3) is 0 Å². The van der Waals surface area contributed by atoms with Crippen molar-refractivity contribution in [2.45, 2.75) is 72.1 Å². The lowest BCUT2D eigenvalue weighted by molar-refractivity contribution is -0.121. The maximum atomic E-state index is 12.5. The van der Waals surface area contributed by atoms with E-state index in [0.717, 1.165) is 28.9 Å². The molecule has 1 saturated heterocycles. The molecule has 1 amide bonds. The lowest BCUT2D eigenvalue weighted by Gasteiger charge is -2.24. The van der Waals surface area contributed by atoms with Crippen molar-refractivity contribution in [3.8, 4) is 0 Å². The van der Waals surface area contributed by atoms with E-state index in [1.54, 1.807) is 0 Å². The number of amides is 1. The summed E-state index contributed by atoms with van der Waals surface area (Å²) < 4.78 is 0. The Hall–Kier alpha value is -1.55. The van der Waals surface area contributed by atoms with Gasteiger partial charge in [0, 0.05) is 12.2 Å². The fourth-order valence-corrected chi connectivity index (χ4v) is 3.92. The summed E-state index contributed by atoms with van der Waals surface area (Å²) in [5, 5.41) is 9.34. The van der Waals surface area contributed by atoms with Crippen LogP contribution in [0.3, 0.4) is 0 Å². The number of aliphatic hydroxyl groups excluding tert-OH is 1. The molecule has 4 heteroatoms. The molecule has 0 radical (unpaired) electrons. The number of unbranched alkanes of at least 4 members (excludes halogenated alkanes) is 5. The van der Waals surface area contributed by atoms with Crippen molar-refractivity contribution in [1.29, 1.82) is 0 Å². The van der Waals surface area contributed by atoms with E-state index in [1.165, 1.54) is 44.1 Å². The molecular formula is C21H34N2O2. The van der Waals surface area contributed by atoms with Crippen molar-refractivity contribution in [2.75, 3.05) is 23.8 Å². The number of anilines is 2. The first-order valence-electron chi connectivity index (χ1n) is 9.82. The van der Waals surface area contributed by atoms with Crippen molar-refractivity contribution < 1.29 is 9.90 Å². The molecule has 1 heterocycles. The van der Waals surface area contributed by atoms with Gasteiger partial charge in [0.15, 0.2) is 0 Å². The van der Waals surface area contributed by atoms with E-state index in [1.807, 2.05) is 11.8 Å². The fourth-order valence-electron chi connectivity index (χ4n) is 3.92. The molecule has 1 aliphatic rings. The molecular weight excluding hydrogens is 312 g/mol. The summed E-state index contributed by atoms with van der Waals surface area (Å²) in [7, 11) is 0. The molecule has 0 saturated carbocycles. The molecule has 0 aromatic heterocycles. The molecule has 25 heavy (non-hydrogen) atoms. The Labute approximate surface area is 152 Å². The zero-order chi connectivity index (χ0) is 18.4. The maximum absolute atomic E-state index is 12.5. The number of nitrogen functional groups attached to an aromatic ring is 1. The molecule has 0 aliphatic carbocycles. The third-order valence-corrected chi connectivity index (χ3v) is 5.48. The molecule has 1 aromatic rings. The van der Waals surface area contributed by atoms with E-state index in [-0.39, 0.29) is 18.4 Å². The van der Waals surface area contributed by atoms with Crippen LogP contribution in [0.1, 0.15) is 68.6 Å². The van der Waals surface area contributed by atoms with Crippen LogP contribution < -0.4 is 10.6 Å². The highest BCUT2D eigenvalue weighted by molar-refractivity contribution is 5.99. The second-order valence-corrected chi connectivity index (χ2v) is 7.42. The number of hydrogen-bond donors (Lipinski definition) is 2. The van der Waals surface area contributed by atoms with E-state index >= 15 is 0 Å². The standard InChI is InChI=1S/C21H34N2O2/c1-4-5-6-7-8-9-10-17-13-15(2)20(16(3)19(17)22)23-12-11-18(14-24)21(23)25/h13,18,24H,4-12,14,22H2,1-3H3. The highest BCUT2D eigenvalue weighted by atomic mass is 16.3. The van der Waals surface area contributed by atoms with E-state index in [4.69, 9.17) is 5.73 Å². The minimum Gasteiger partial charge on any atom is -0.398 e. The van der Waals surface area contributed by atoms with Crippen LogP contribution in [-0.2, 0) is 11.2 Å². The number of aliphatic hydroxyl groups is 1. The first-order chi connectivity index (χ1) is 12.0. The van der Waals surface area contributed by atoms with Gasteiger partial charge in [0.05, 0.1) is 18.2 Å². The van der Waals surface area contributed by atoms with Crippen LogP contribution in [0.5, 0.6) is 0 Å². The zero-order valence-electron chi connectivity index (χ0n) is 16.1. The van der Waals surface area contributed by atoms with Crippen molar-refractivity contribution >= 4 is 17.3 Å². The summed E-state index contributed by atoms with van der Waals surface area (Å²) >= 11 is 0. The van der Waals surface area contributed by atoms with Crippen molar-refractivity contribution in [2.24, 2.45) is 5.92 Å². The highest BCUT2D eigenvalue weighted by Crippen LogP contribution is 2.36. The topological polar surface area (TPSA) is 66.6 Å². The van der Waals surface area contributed by atoms with Gasteiger partial charge in [0.2, 0.25) is 5.91 Å². The van der Waals surface area contributed by atoms with Crippen molar-refractivity contribution in [3.63, 3.8) is 0 Å². The molecule has 1 aromatic carbocycles. The summed E-state index contributed by atoms with van der Waals surface area (Å²) in [6, 6.07) is 2.16. The van der Waals surface area contributed by atoms with E-state index in [2.05, 4.69) is 19.9 Å². The average molecular weight is 347 g/mol. The number of carbonyl (C=O) groups excluding carboxylic acids is 1. The highest BCUT2D eigenvalue weighted by Gasteiger charge is 2.33. The van der Waals surface area contributed by atoms with E-state index in [9.17, 15) is 9.90 Å². The van der Waals surface area contributed by atoms with Gasteiger partial charge in [-0.1, -0.05) is 45.1 Å². The van der Waals surface area contributed by atoms with Gasteiger partial charge < -0.3 is 15.7 Å². The third kappa shape index (κ3) is 4.55. The van der Waals surface area contributed by atoms with Crippen molar-refractivity contribution in [3.05, 3.63) is 22.8 Å². The van der Waals surface area contributed by atoms with Crippen LogP contribution >= 0.6 is 0 Å². The predicted octanol–water partition coefficient (Wildman–Crippen LogP) is 4.13. The van der Waals surface area contributed by atoms with Crippen LogP contribution in [0.4, 0.5) is 11.4 Å². The van der Waals surface area contributed by atoms with Crippen LogP contribution in [-0.4, -0.2) is 24.2 Å². The van der Waals surface area contributed by atoms with Gasteiger partial charge in [-0.3, -0.25) is 4.79 Å². The summed E-state index contributed by atoms with van der Waals surface area (Å²) in [5.41, 5.74) is 11.5. The van der Waals surface area contributed by atoms with Gasteiger partial charge in [-0.15, -0.1) is 0 Å². The summed E-state index contributed by atoms with van der Waals surface area (Å²) in [6.45, 7) is 6.91. The lowest BCUT2D eigenvalue weighted by atomic mass is 9.96. The van der Waals surface area contributed by atoms with Gasteiger partial charge in [0.25, 0.3) is 0 Å². The van der Waals surface area contributed by atoms with Crippen LogP contribution in [0.2, 0.25) is 0 Å². The Balaban J connectivity index is 2.07. The molecule has 1 unspecified atom stereocenters. The monoisotopic (exact) mass is 346 g/mol. The van der Waals surface area contributed by atoms with Gasteiger partial charge in [-0.05, 0) is 49.8 Å². The molecule has 1 fully saturated rings. The molecule has 0 spiro atoms.